The van der Waals surface area contributed by atoms with E-state index in [0.717, 1.165) is 49.2 Å². The summed E-state index contributed by atoms with van der Waals surface area (Å²) < 4.78 is 5.91. The molecule has 2 aromatic carbocycles. The quantitative estimate of drug-likeness (QED) is 0.502. The molecule has 1 aliphatic carbocycles. The maximum absolute atomic E-state index is 12.7. The molecule has 6 nitrogen and oxygen atoms in total. The van der Waals surface area contributed by atoms with Gasteiger partial charge >= 0.3 is 6.03 Å². The summed E-state index contributed by atoms with van der Waals surface area (Å²) in [5, 5.41) is 12.2. The lowest BCUT2D eigenvalue weighted by atomic mass is 10.0. The van der Waals surface area contributed by atoms with E-state index in [-0.39, 0.29) is 18.7 Å². The number of benzene rings is 2. The van der Waals surface area contributed by atoms with Crippen LogP contribution in [0.25, 0.3) is 6.08 Å². The average Bonchev–Trinajstić information content (AvgIpc) is 3.66. The molecule has 5 rings (SSSR count). The Morgan fingerprint density at radius 1 is 1.09 bits per heavy atom. The summed E-state index contributed by atoms with van der Waals surface area (Å²) in [6, 6.07) is 22.4. The maximum Gasteiger partial charge on any atom is 0.317 e. The van der Waals surface area contributed by atoms with E-state index < -0.39 is 0 Å². The highest BCUT2D eigenvalue weighted by Crippen LogP contribution is 2.40. The number of aliphatic hydroxyl groups excluding tert-OH is 1. The molecule has 1 aromatic heterocycles. The predicted octanol–water partition coefficient (Wildman–Crippen LogP) is 5.15. The van der Waals surface area contributed by atoms with Crippen LogP contribution in [0.5, 0.6) is 11.6 Å². The number of rotatable bonds is 7. The number of pyridine rings is 1. The van der Waals surface area contributed by atoms with Crippen molar-refractivity contribution in [3.8, 4) is 11.6 Å². The number of aliphatic hydroxyl groups is 1. The first-order chi connectivity index (χ1) is 17.2. The third-order valence-electron chi connectivity index (χ3n) is 6.67. The van der Waals surface area contributed by atoms with Crippen LogP contribution in [0.3, 0.4) is 0 Å². The van der Waals surface area contributed by atoms with Crippen LogP contribution in [0.1, 0.15) is 41.9 Å². The van der Waals surface area contributed by atoms with Gasteiger partial charge in [0.05, 0.1) is 0 Å². The fraction of sp³-hybridized carbons (Fsp3) is 0.310. The largest absolute Gasteiger partial charge is 0.439 e. The number of amides is 2. The number of hydrogen-bond donors (Lipinski definition) is 2. The first-order valence-electron chi connectivity index (χ1n) is 12.3. The van der Waals surface area contributed by atoms with E-state index in [2.05, 4.69) is 46.7 Å². The number of piperidine rings is 1. The van der Waals surface area contributed by atoms with Crippen LogP contribution in [0, 0.1) is 0 Å². The second kappa shape index (κ2) is 10.7. The van der Waals surface area contributed by atoms with E-state index in [9.17, 15) is 4.79 Å². The lowest BCUT2D eigenvalue weighted by Gasteiger charge is -2.28. The molecule has 1 unspecified atom stereocenters. The number of hydrogen-bond acceptors (Lipinski definition) is 4. The molecule has 0 bridgehead atoms. The molecule has 2 amide bonds. The minimum atomic E-state index is 0.0559. The molecule has 0 radical (unpaired) electrons. The molecule has 2 heterocycles. The summed E-state index contributed by atoms with van der Waals surface area (Å²) in [5.41, 5.74) is 4.70. The highest BCUT2D eigenvalue weighted by atomic mass is 16.5. The SMILES string of the molecule is O=C(NC1C[C@H]1c1ccccc1)N1CCC(=Cc2cccc(Oc3ccc(CCO)cn3)c2)CC1. The molecular formula is C29H31N3O3. The monoisotopic (exact) mass is 469 g/mol. The van der Waals surface area contributed by atoms with Gasteiger partial charge in [0.15, 0.2) is 0 Å². The minimum absolute atomic E-state index is 0.0559. The van der Waals surface area contributed by atoms with Crippen molar-refractivity contribution in [3.05, 3.63) is 95.2 Å². The maximum atomic E-state index is 12.7. The van der Waals surface area contributed by atoms with Crippen molar-refractivity contribution in [2.24, 2.45) is 0 Å². The summed E-state index contributed by atoms with van der Waals surface area (Å²) in [6.45, 7) is 1.58. The van der Waals surface area contributed by atoms with Crippen molar-refractivity contribution in [1.82, 2.24) is 15.2 Å². The van der Waals surface area contributed by atoms with Crippen LogP contribution in [0.4, 0.5) is 4.79 Å². The lowest BCUT2D eigenvalue weighted by Crippen LogP contribution is -2.44. The molecule has 0 spiro atoms. The standard InChI is InChI=1S/C29H31N3O3/c33-16-13-22-9-10-28(30-20-22)35-25-8-4-5-23(18-25)17-21-11-14-32(15-12-21)29(34)31-27-19-26(27)24-6-2-1-3-7-24/h1-10,17-18,20,26-27,33H,11-16,19H2,(H,31,34)/t26-,27?/m0/s1. The third-order valence-corrected chi connectivity index (χ3v) is 6.67. The Balaban J connectivity index is 1.12. The van der Waals surface area contributed by atoms with Gasteiger partial charge in [-0.1, -0.05) is 60.2 Å². The summed E-state index contributed by atoms with van der Waals surface area (Å²) in [5.74, 6) is 1.71. The van der Waals surface area contributed by atoms with E-state index in [0.29, 0.717) is 18.2 Å². The number of carbonyl (C=O) groups excluding carboxylic acids is 1. The van der Waals surface area contributed by atoms with Crippen molar-refractivity contribution in [2.75, 3.05) is 19.7 Å². The smallest absolute Gasteiger partial charge is 0.317 e. The van der Waals surface area contributed by atoms with Crippen LogP contribution >= 0.6 is 0 Å². The Bertz CT molecular complexity index is 1170. The summed E-state index contributed by atoms with van der Waals surface area (Å²) in [7, 11) is 0. The molecule has 35 heavy (non-hydrogen) atoms. The molecule has 3 aromatic rings. The Morgan fingerprint density at radius 2 is 1.91 bits per heavy atom. The van der Waals surface area contributed by atoms with E-state index in [4.69, 9.17) is 9.84 Å². The van der Waals surface area contributed by atoms with Gasteiger partial charge in [-0.2, -0.15) is 0 Å². The number of urea groups is 1. The fourth-order valence-corrected chi connectivity index (χ4v) is 4.59. The minimum Gasteiger partial charge on any atom is -0.439 e. The van der Waals surface area contributed by atoms with Gasteiger partial charge in [0, 0.05) is 43.9 Å². The zero-order valence-corrected chi connectivity index (χ0v) is 19.8. The first-order valence-corrected chi connectivity index (χ1v) is 12.3. The Kier molecular flexibility index (Phi) is 7.09. The van der Waals surface area contributed by atoms with Gasteiger partial charge in [0.2, 0.25) is 5.88 Å². The zero-order chi connectivity index (χ0) is 24.0. The van der Waals surface area contributed by atoms with Gasteiger partial charge < -0.3 is 20.1 Å². The predicted molar refractivity (Wildman–Crippen MR) is 136 cm³/mol. The van der Waals surface area contributed by atoms with Crippen LogP contribution in [-0.4, -0.2) is 46.8 Å². The lowest BCUT2D eigenvalue weighted by molar-refractivity contribution is 0.193. The summed E-state index contributed by atoms with van der Waals surface area (Å²) in [4.78, 5) is 19.0. The molecule has 2 fully saturated rings. The van der Waals surface area contributed by atoms with Gasteiger partial charge in [0.1, 0.15) is 5.75 Å². The zero-order valence-electron chi connectivity index (χ0n) is 19.8. The number of carbonyl (C=O) groups is 1. The molecule has 1 aliphatic heterocycles. The first kappa shape index (κ1) is 23.1. The van der Waals surface area contributed by atoms with E-state index in [1.54, 1.807) is 6.20 Å². The number of likely N-dealkylation sites (tertiary alicyclic amines) is 1. The van der Waals surface area contributed by atoms with Crippen LogP contribution in [0.2, 0.25) is 0 Å². The number of aromatic nitrogens is 1. The average molecular weight is 470 g/mol. The number of ether oxygens (including phenoxy) is 1. The van der Waals surface area contributed by atoms with Gasteiger partial charge in [-0.3, -0.25) is 0 Å². The molecule has 6 heteroatoms. The van der Waals surface area contributed by atoms with Crippen LogP contribution in [0.15, 0.2) is 78.5 Å². The van der Waals surface area contributed by atoms with E-state index in [1.165, 1.54) is 11.1 Å². The normalized spacial score (nSPS) is 19.2. The second-order valence-electron chi connectivity index (χ2n) is 9.25. The van der Waals surface area contributed by atoms with Gasteiger partial charge in [-0.15, -0.1) is 0 Å². The second-order valence-corrected chi connectivity index (χ2v) is 9.25. The Labute approximate surface area is 206 Å². The van der Waals surface area contributed by atoms with Gasteiger partial charge in [0.25, 0.3) is 0 Å². The Morgan fingerprint density at radius 3 is 2.66 bits per heavy atom. The van der Waals surface area contributed by atoms with E-state index in [1.807, 2.05) is 41.3 Å². The fourth-order valence-electron chi connectivity index (χ4n) is 4.59. The van der Waals surface area contributed by atoms with Crippen LogP contribution < -0.4 is 10.1 Å². The van der Waals surface area contributed by atoms with Crippen molar-refractivity contribution in [2.45, 2.75) is 37.6 Å². The van der Waals surface area contributed by atoms with Crippen LogP contribution in [-0.2, 0) is 6.42 Å². The molecule has 2 atom stereocenters. The topological polar surface area (TPSA) is 74.7 Å². The number of nitrogens with zero attached hydrogens (tertiary/aromatic N) is 2. The van der Waals surface area contributed by atoms with Crippen molar-refractivity contribution in [1.29, 1.82) is 0 Å². The molecule has 1 saturated heterocycles. The molecule has 180 valence electrons. The highest BCUT2D eigenvalue weighted by Gasteiger charge is 2.40. The summed E-state index contributed by atoms with van der Waals surface area (Å²) >= 11 is 0. The van der Waals surface area contributed by atoms with Crippen molar-refractivity contribution < 1.29 is 14.6 Å². The van der Waals surface area contributed by atoms with Crippen molar-refractivity contribution >= 4 is 12.1 Å². The van der Waals surface area contributed by atoms with Gasteiger partial charge in [-0.25, -0.2) is 9.78 Å². The number of nitrogens with one attached hydrogen (secondary N) is 1. The Hall–Kier alpha value is -3.64. The highest BCUT2D eigenvalue weighted by molar-refractivity contribution is 5.75. The third kappa shape index (κ3) is 6.08. The van der Waals surface area contributed by atoms with E-state index >= 15 is 0 Å². The molecule has 2 N–H and O–H groups in total. The molecule has 1 saturated carbocycles. The molecular weight excluding hydrogens is 438 g/mol. The molecule has 2 aliphatic rings. The summed E-state index contributed by atoms with van der Waals surface area (Å²) in [6.07, 6.45) is 7.29. The van der Waals surface area contributed by atoms with Gasteiger partial charge in [-0.05, 0) is 54.5 Å². The van der Waals surface area contributed by atoms with Crippen molar-refractivity contribution in [3.63, 3.8) is 0 Å².